The highest BCUT2D eigenvalue weighted by molar-refractivity contribution is 5.89. The minimum Gasteiger partial charge on any atom is -0.377 e. The van der Waals surface area contributed by atoms with E-state index in [9.17, 15) is 4.79 Å². The zero-order valence-electron chi connectivity index (χ0n) is 17.4. The second-order valence-corrected chi connectivity index (χ2v) is 7.25. The minimum atomic E-state index is 0.232. The van der Waals surface area contributed by atoms with Gasteiger partial charge < -0.3 is 9.47 Å². The fourth-order valence-electron chi connectivity index (χ4n) is 2.97. The Hall–Kier alpha value is -2.23. The highest BCUT2D eigenvalue weighted by Crippen LogP contribution is 2.06. The Morgan fingerprint density at radius 3 is 1.83 bits per heavy atom. The molecule has 0 spiro atoms. The van der Waals surface area contributed by atoms with Crippen LogP contribution in [0, 0.1) is 0 Å². The van der Waals surface area contributed by atoms with Crippen LogP contribution in [0.4, 0.5) is 0 Å². The van der Waals surface area contributed by atoms with E-state index in [1.54, 1.807) is 6.08 Å². The van der Waals surface area contributed by atoms with Gasteiger partial charge in [0.15, 0.2) is 5.78 Å². The molecule has 0 atom stereocenters. The van der Waals surface area contributed by atoms with Crippen LogP contribution in [0.25, 0.3) is 0 Å². The number of unbranched alkanes of at least 4 members (excludes halogenated alkanes) is 4. The van der Waals surface area contributed by atoms with E-state index in [1.807, 2.05) is 42.5 Å². The lowest BCUT2D eigenvalue weighted by molar-refractivity contribution is -0.114. The van der Waals surface area contributed by atoms with Crippen molar-refractivity contribution in [3.8, 4) is 0 Å². The Kier molecular flexibility index (Phi) is 12.5. The summed E-state index contributed by atoms with van der Waals surface area (Å²) in [4.78, 5) is 11.9. The van der Waals surface area contributed by atoms with Gasteiger partial charge in [-0.1, -0.05) is 73.2 Å². The predicted octanol–water partition coefficient (Wildman–Crippen LogP) is 6.28. The Balaban J connectivity index is 1.36. The SMILES string of the molecule is O=C(/C=C/CCCCOCc1ccccc1)CCCCCOCc1ccccc1. The van der Waals surface area contributed by atoms with Crippen LogP contribution in [0.15, 0.2) is 72.8 Å². The van der Waals surface area contributed by atoms with Gasteiger partial charge in [-0.3, -0.25) is 4.79 Å². The lowest BCUT2D eigenvalue weighted by Gasteiger charge is -2.04. The molecule has 2 aromatic carbocycles. The summed E-state index contributed by atoms with van der Waals surface area (Å²) in [5.74, 6) is 0.232. The van der Waals surface area contributed by atoms with Crippen LogP contribution in [0.2, 0.25) is 0 Å². The van der Waals surface area contributed by atoms with Crippen LogP contribution < -0.4 is 0 Å². The van der Waals surface area contributed by atoms with E-state index in [0.29, 0.717) is 19.6 Å². The van der Waals surface area contributed by atoms with E-state index in [0.717, 1.165) is 51.7 Å². The number of carbonyl (C=O) groups is 1. The maximum Gasteiger partial charge on any atom is 0.155 e. The molecule has 0 aliphatic rings. The second-order valence-electron chi connectivity index (χ2n) is 7.25. The van der Waals surface area contributed by atoms with Crippen LogP contribution in [0.3, 0.4) is 0 Å². The molecule has 0 saturated heterocycles. The standard InChI is InChI=1S/C26H34O3/c27-26(19-11-5-13-21-29-23-25-16-8-4-9-17-25)18-10-1-2-12-20-28-22-24-14-6-3-7-15-24/h3-4,6-10,14-18H,1-2,5,11-13,19-23H2/b18-10+. The molecule has 0 N–H and O–H groups in total. The van der Waals surface area contributed by atoms with Gasteiger partial charge >= 0.3 is 0 Å². The Labute approximate surface area is 175 Å². The van der Waals surface area contributed by atoms with Gasteiger partial charge in [0.2, 0.25) is 0 Å². The zero-order valence-corrected chi connectivity index (χ0v) is 17.4. The number of ether oxygens (including phenoxy) is 2. The summed E-state index contributed by atoms with van der Waals surface area (Å²) in [6, 6.07) is 20.4. The summed E-state index contributed by atoms with van der Waals surface area (Å²) in [7, 11) is 0. The van der Waals surface area contributed by atoms with E-state index in [2.05, 4.69) is 24.3 Å². The second kappa shape index (κ2) is 15.7. The molecular formula is C26H34O3. The summed E-state index contributed by atoms with van der Waals surface area (Å²) in [6.45, 7) is 2.86. The molecule has 2 aromatic rings. The van der Waals surface area contributed by atoms with Gasteiger partial charge in [-0.25, -0.2) is 0 Å². The zero-order chi connectivity index (χ0) is 20.4. The number of hydrogen-bond acceptors (Lipinski definition) is 3. The monoisotopic (exact) mass is 394 g/mol. The first-order valence-corrected chi connectivity index (χ1v) is 10.8. The van der Waals surface area contributed by atoms with Crippen LogP contribution >= 0.6 is 0 Å². The normalized spacial score (nSPS) is 11.2. The molecule has 0 fully saturated rings. The Morgan fingerprint density at radius 2 is 1.24 bits per heavy atom. The van der Waals surface area contributed by atoms with Gasteiger partial charge in [0.25, 0.3) is 0 Å². The molecule has 0 aliphatic carbocycles. The van der Waals surface area contributed by atoms with Crippen molar-refractivity contribution in [3.05, 3.63) is 83.9 Å². The molecule has 0 unspecified atom stereocenters. The fourth-order valence-corrected chi connectivity index (χ4v) is 2.97. The van der Waals surface area contributed by atoms with Crippen LogP contribution in [0.1, 0.15) is 56.1 Å². The smallest absolute Gasteiger partial charge is 0.155 e. The number of rotatable bonds is 16. The Morgan fingerprint density at radius 1 is 0.690 bits per heavy atom. The fraction of sp³-hybridized carbons (Fsp3) is 0.423. The Bertz CT molecular complexity index is 680. The van der Waals surface area contributed by atoms with Crippen molar-refractivity contribution in [2.75, 3.05) is 13.2 Å². The highest BCUT2D eigenvalue weighted by Gasteiger charge is 1.98. The van der Waals surface area contributed by atoms with Crippen LogP contribution in [-0.4, -0.2) is 19.0 Å². The number of carbonyl (C=O) groups excluding carboxylic acids is 1. The maximum absolute atomic E-state index is 11.9. The molecule has 0 amide bonds. The van der Waals surface area contributed by atoms with E-state index in [-0.39, 0.29) is 5.78 Å². The van der Waals surface area contributed by atoms with Gasteiger partial charge in [-0.05, 0) is 49.3 Å². The third-order valence-corrected chi connectivity index (χ3v) is 4.65. The molecule has 0 aliphatic heterocycles. The molecule has 29 heavy (non-hydrogen) atoms. The summed E-state index contributed by atoms with van der Waals surface area (Å²) in [5, 5.41) is 0. The average Bonchev–Trinajstić information content (AvgIpc) is 2.76. The third-order valence-electron chi connectivity index (χ3n) is 4.65. The van der Waals surface area contributed by atoms with Crippen molar-refractivity contribution in [1.82, 2.24) is 0 Å². The average molecular weight is 395 g/mol. The summed E-state index contributed by atoms with van der Waals surface area (Å²) >= 11 is 0. The third kappa shape index (κ3) is 12.0. The number of allylic oxidation sites excluding steroid dienone is 2. The molecule has 0 aromatic heterocycles. The molecular weight excluding hydrogens is 360 g/mol. The maximum atomic E-state index is 11.9. The van der Waals surface area contributed by atoms with Crippen molar-refractivity contribution < 1.29 is 14.3 Å². The molecule has 156 valence electrons. The quantitative estimate of drug-likeness (QED) is 0.248. The first-order valence-electron chi connectivity index (χ1n) is 10.8. The van der Waals surface area contributed by atoms with Crippen molar-refractivity contribution in [2.45, 2.75) is 58.2 Å². The van der Waals surface area contributed by atoms with E-state index < -0.39 is 0 Å². The molecule has 2 rings (SSSR count). The molecule has 0 bridgehead atoms. The number of benzene rings is 2. The van der Waals surface area contributed by atoms with Crippen LogP contribution in [0.5, 0.6) is 0 Å². The van der Waals surface area contributed by atoms with Crippen molar-refractivity contribution in [1.29, 1.82) is 0 Å². The first kappa shape index (κ1) is 23.1. The van der Waals surface area contributed by atoms with Crippen LogP contribution in [-0.2, 0) is 27.5 Å². The van der Waals surface area contributed by atoms with Gasteiger partial charge in [0, 0.05) is 19.6 Å². The lowest BCUT2D eigenvalue weighted by Crippen LogP contribution is -1.97. The lowest BCUT2D eigenvalue weighted by atomic mass is 10.1. The van der Waals surface area contributed by atoms with Crippen molar-refractivity contribution in [2.24, 2.45) is 0 Å². The minimum absolute atomic E-state index is 0.232. The topological polar surface area (TPSA) is 35.5 Å². The molecule has 3 nitrogen and oxygen atoms in total. The number of hydrogen-bond donors (Lipinski definition) is 0. The molecule has 3 heteroatoms. The van der Waals surface area contributed by atoms with Gasteiger partial charge in [-0.15, -0.1) is 0 Å². The van der Waals surface area contributed by atoms with Gasteiger partial charge in [0.1, 0.15) is 0 Å². The van der Waals surface area contributed by atoms with Gasteiger partial charge in [-0.2, -0.15) is 0 Å². The molecule has 0 radical (unpaired) electrons. The molecule has 0 heterocycles. The van der Waals surface area contributed by atoms with Gasteiger partial charge in [0.05, 0.1) is 13.2 Å². The summed E-state index contributed by atoms with van der Waals surface area (Å²) in [5.41, 5.74) is 2.41. The first-order chi connectivity index (χ1) is 14.3. The predicted molar refractivity (Wildman–Crippen MR) is 119 cm³/mol. The number of ketones is 1. The van der Waals surface area contributed by atoms with E-state index in [4.69, 9.17) is 9.47 Å². The van der Waals surface area contributed by atoms with E-state index in [1.165, 1.54) is 11.1 Å². The summed E-state index contributed by atoms with van der Waals surface area (Å²) < 4.78 is 11.3. The molecule has 0 saturated carbocycles. The van der Waals surface area contributed by atoms with E-state index >= 15 is 0 Å². The largest absolute Gasteiger partial charge is 0.377 e. The van der Waals surface area contributed by atoms with Crippen molar-refractivity contribution in [3.63, 3.8) is 0 Å². The highest BCUT2D eigenvalue weighted by atomic mass is 16.5. The van der Waals surface area contributed by atoms with Crippen molar-refractivity contribution >= 4 is 5.78 Å². The summed E-state index contributed by atoms with van der Waals surface area (Å²) in [6.07, 6.45) is 10.4.